The molecule has 0 spiro atoms. The molecule has 5 N–H and O–H groups in total. The molecular formula is C9H10N4O2S2. The summed E-state index contributed by atoms with van der Waals surface area (Å²) >= 11 is 1.16. The van der Waals surface area contributed by atoms with Gasteiger partial charge in [0.15, 0.2) is 5.13 Å². The minimum Gasteiger partial charge on any atom is -0.399 e. The van der Waals surface area contributed by atoms with Crippen LogP contribution in [0.4, 0.5) is 10.8 Å². The molecule has 90 valence electrons. The summed E-state index contributed by atoms with van der Waals surface area (Å²) in [5.74, 6) is 0. The predicted octanol–water partition coefficient (Wildman–Crippen LogP) is 1.01. The van der Waals surface area contributed by atoms with E-state index in [2.05, 4.69) is 9.71 Å². The quantitative estimate of drug-likeness (QED) is 0.722. The van der Waals surface area contributed by atoms with E-state index in [9.17, 15) is 8.42 Å². The van der Waals surface area contributed by atoms with Crippen LogP contribution in [0.1, 0.15) is 0 Å². The Labute approximate surface area is 102 Å². The number of hydrogen-bond donors (Lipinski definition) is 3. The number of rotatable bonds is 3. The first-order chi connectivity index (χ1) is 7.94. The molecule has 2 rings (SSSR count). The van der Waals surface area contributed by atoms with Gasteiger partial charge in [-0.3, -0.25) is 0 Å². The molecule has 0 amide bonds. The topological polar surface area (TPSA) is 111 Å². The van der Waals surface area contributed by atoms with Gasteiger partial charge in [0.2, 0.25) is 0 Å². The largest absolute Gasteiger partial charge is 0.399 e. The standard InChI is InChI=1S/C9H10N4O2S2/c10-7-3-1-6(2-4-7)8-5-16-9(12-8)13-17(11,14)15/h1-5H,10H2,(H,12,13)(H2,11,14,15). The van der Waals surface area contributed by atoms with Crippen LogP contribution in [0.2, 0.25) is 0 Å². The number of nitrogen functional groups attached to an aromatic ring is 1. The van der Waals surface area contributed by atoms with Crippen molar-refractivity contribution in [3.8, 4) is 11.3 Å². The number of thiazole rings is 1. The van der Waals surface area contributed by atoms with Crippen molar-refractivity contribution >= 4 is 32.4 Å². The van der Waals surface area contributed by atoms with Gasteiger partial charge in [0.1, 0.15) is 0 Å². The van der Waals surface area contributed by atoms with E-state index < -0.39 is 10.2 Å². The molecule has 1 aromatic heterocycles. The number of anilines is 2. The lowest BCUT2D eigenvalue weighted by Gasteiger charge is -1.98. The second-order valence-electron chi connectivity index (χ2n) is 3.31. The Morgan fingerprint density at radius 3 is 2.47 bits per heavy atom. The maximum atomic E-state index is 10.8. The molecule has 0 fully saturated rings. The fraction of sp³-hybridized carbons (Fsp3) is 0. The molecule has 8 heteroatoms. The second-order valence-corrected chi connectivity index (χ2v) is 5.46. The van der Waals surface area contributed by atoms with E-state index >= 15 is 0 Å². The Balaban J connectivity index is 2.27. The van der Waals surface area contributed by atoms with Gasteiger partial charge in [-0.1, -0.05) is 12.1 Å². The summed E-state index contributed by atoms with van der Waals surface area (Å²) in [6, 6.07) is 7.12. The summed E-state index contributed by atoms with van der Waals surface area (Å²) in [6.45, 7) is 0. The van der Waals surface area contributed by atoms with Gasteiger partial charge in [-0.05, 0) is 12.1 Å². The zero-order valence-electron chi connectivity index (χ0n) is 8.62. The molecule has 1 aromatic carbocycles. The number of nitrogens with one attached hydrogen (secondary N) is 1. The first kappa shape index (κ1) is 11.8. The van der Waals surface area contributed by atoms with Crippen molar-refractivity contribution in [2.45, 2.75) is 0 Å². The van der Waals surface area contributed by atoms with Gasteiger partial charge in [0, 0.05) is 16.6 Å². The summed E-state index contributed by atoms with van der Waals surface area (Å²) < 4.78 is 23.7. The van der Waals surface area contributed by atoms with Crippen LogP contribution in [0, 0.1) is 0 Å². The number of nitrogens with two attached hydrogens (primary N) is 2. The Kier molecular flexibility index (Phi) is 3.01. The molecule has 0 atom stereocenters. The third kappa shape index (κ3) is 3.16. The number of aromatic nitrogens is 1. The molecule has 0 aliphatic heterocycles. The van der Waals surface area contributed by atoms with Crippen LogP contribution in [0.3, 0.4) is 0 Å². The first-order valence-electron chi connectivity index (χ1n) is 4.56. The minimum absolute atomic E-state index is 0.235. The van der Waals surface area contributed by atoms with Crippen LogP contribution >= 0.6 is 11.3 Å². The molecule has 0 radical (unpaired) electrons. The van der Waals surface area contributed by atoms with Crippen molar-refractivity contribution in [2.75, 3.05) is 10.5 Å². The van der Waals surface area contributed by atoms with E-state index in [0.29, 0.717) is 11.4 Å². The van der Waals surface area contributed by atoms with Crippen LogP contribution in [-0.4, -0.2) is 13.4 Å². The number of nitrogens with zero attached hydrogens (tertiary/aromatic N) is 1. The van der Waals surface area contributed by atoms with E-state index in [1.807, 2.05) is 12.1 Å². The highest BCUT2D eigenvalue weighted by atomic mass is 32.2. The molecule has 6 nitrogen and oxygen atoms in total. The van der Waals surface area contributed by atoms with Crippen molar-refractivity contribution in [1.82, 2.24) is 4.98 Å². The average molecular weight is 270 g/mol. The fourth-order valence-corrected chi connectivity index (χ4v) is 2.62. The van der Waals surface area contributed by atoms with Crippen molar-refractivity contribution in [3.05, 3.63) is 29.6 Å². The van der Waals surface area contributed by atoms with Crippen LogP contribution < -0.4 is 15.6 Å². The van der Waals surface area contributed by atoms with Gasteiger partial charge in [0.05, 0.1) is 5.69 Å². The van der Waals surface area contributed by atoms with Crippen molar-refractivity contribution in [1.29, 1.82) is 0 Å². The van der Waals surface area contributed by atoms with Gasteiger partial charge in [-0.2, -0.15) is 8.42 Å². The molecule has 2 aromatic rings. The Bertz CT molecular complexity index is 619. The first-order valence-corrected chi connectivity index (χ1v) is 6.98. The second kappa shape index (κ2) is 4.32. The summed E-state index contributed by atoms with van der Waals surface area (Å²) in [6.07, 6.45) is 0. The molecular weight excluding hydrogens is 260 g/mol. The van der Waals surface area contributed by atoms with E-state index in [0.717, 1.165) is 16.9 Å². The zero-order chi connectivity index (χ0) is 12.5. The lowest BCUT2D eigenvalue weighted by atomic mass is 10.2. The maximum Gasteiger partial charge on any atom is 0.298 e. The molecule has 0 unspecified atom stereocenters. The highest BCUT2D eigenvalue weighted by Gasteiger charge is 2.08. The van der Waals surface area contributed by atoms with E-state index in [4.69, 9.17) is 10.9 Å². The molecule has 0 aliphatic rings. The summed E-state index contributed by atoms with van der Waals surface area (Å²) in [7, 11) is -3.77. The fourth-order valence-electron chi connectivity index (χ4n) is 1.23. The predicted molar refractivity (Wildman–Crippen MR) is 68.7 cm³/mol. The van der Waals surface area contributed by atoms with Crippen LogP contribution in [0.25, 0.3) is 11.3 Å². The number of benzene rings is 1. The lowest BCUT2D eigenvalue weighted by Crippen LogP contribution is -2.21. The van der Waals surface area contributed by atoms with Crippen LogP contribution in [0.5, 0.6) is 0 Å². The van der Waals surface area contributed by atoms with Crippen molar-refractivity contribution < 1.29 is 8.42 Å². The Morgan fingerprint density at radius 1 is 1.24 bits per heavy atom. The molecule has 0 aliphatic carbocycles. The Morgan fingerprint density at radius 2 is 1.88 bits per heavy atom. The van der Waals surface area contributed by atoms with E-state index in [-0.39, 0.29) is 5.13 Å². The Hall–Kier alpha value is -1.64. The third-order valence-corrected chi connectivity index (χ3v) is 3.30. The lowest BCUT2D eigenvalue weighted by molar-refractivity contribution is 0.603. The molecule has 1 heterocycles. The third-order valence-electron chi connectivity index (χ3n) is 1.94. The highest BCUT2D eigenvalue weighted by Crippen LogP contribution is 2.25. The minimum atomic E-state index is -3.77. The average Bonchev–Trinajstić information content (AvgIpc) is 2.64. The molecule has 0 saturated heterocycles. The zero-order valence-corrected chi connectivity index (χ0v) is 10.3. The molecule has 0 saturated carbocycles. The maximum absolute atomic E-state index is 10.8. The molecule has 0 bridgehead atoms. The summed E-state index contributed by atoms with van der Waals surface area (Å²) in [5, 5.41) is 6.82. The van der Waals surface area contributed by atoms with Gasteiger partial charge < -0.3 is 5.73 Å². The van der Waals surface area contributed by atoms with Gasteiger partial charge in [-0.15, -0.1) is 11.3 Å². The monoisotopic (exact) mass is 270 g/mol. The summed E-state index contributed by atoms with van der Waals surface area (Å²) in [5.41, 5.74) is 7.75. The smallest absolute Gasteiger partial charge is 0.298 e. The van der Waals surface area contributed by atoms with Gasteiger partial charge in [-0.25, -0.2) is 14.8 Å². The molecule has 17 heavy (non-hydrogen) atoms. The van der Waals surface area contributed by atoms with Crippen LogP contribution in [-0.2, 0) is 10.2 Å². The number of hydrogen-bond acceptors (Lipinski definition) is 5. The summed E-state index contributed by atoms with van der Waals surface area (Å²) in [4.78, 5) is 4.10. The van der Waals surface area contributed by atoms with E-state index in [1.54, 1.807) is 17.5 Å². The van der Waals surface area contributed by atoms with Gasteiger partial charge in [0.25, 0.3) is 10.2 Å². The van der Waals surface area contributed by atoms with E-state index in [1.165, 1.54) is 0 Å². The van der Waals surface area contributed by atoms with Crippen molar-refractivity contribution in [2.24, 2.45) is 5.14 Å². The van der Waals surface area contributed by atoms with Crippen molar-refractivity contribution in [3.63, 3.8) is 0 Å². The van der Waals surface area contributed by atoms with Gasteiger partial charge >= 0.3 is 0 Å². The highest BCUT2D eigenvalue weighted by molar-refractivity contribution is 7.90. The van der Waals surface area contributed by atoms with Crippen LogP contribution in [0.15, 0.2) is 29.6 Å². The SMILES string of the molecule is Nc1ccc(-c2csc(NS(N)(=O)=O)n2)cc1. The normalized spacial score (nSPS) is 11.4.